The Hall–Kier alpha value is -2.82. The van der Waals surface area contributed by atoms with Gasteiger partial charge >= 0.3 is 10.2 Å². The molecule has 26 heavy (non-hydrogen) atoms. The summed E-state index contributed by atoms with van der Waals surface area (Å²) in [7, 11) is -2.89. The number of carbonyl (C=O) groups is 1. The molecule has 0 bridgehead atoms. The molecule has 0 unspecified atom stereocenters. The van der Waals surface area contributed by atoms with Gasteiger partial charge in [0.1, 0.15) is 23.7 Å². The molecular weight excluding hydrogens is 367 g/mol. The summed E-state index contributed by atoms with van der Waals surface area (Å²) in [5.74, 6) is -2.59. The van der Waals surface area contributed by atoms with Crippen molar-refractivity contribution >= 4 is 38.4 Å². The molecule has 0 radical (unpaired) electrons. The summed E-state index contributed by atoms with van der Waals surface area (Å²) >= 11 is 0. The van der Waals surface area contributed by atoms with E-state index in [4.69, 9.17) is 0 Å². The lowest BCUT2D eigenvalue weighted by Gasteiger charge is -2.20. The van der Waals surface area contributed by atoms with E-state index in [9.17, 15) is 23.1 Å². The molecule has 3 rings (SSSR count). The molecule has 3 N–H and O–H groups in total. The highest BCUT2D eigenvalue weighted by atomic mass is 32.2. The lowest BCUT2D eigenvalue weighted by atomic mass is 10.1. The highest BCUT2D eigenvalue weighted by molar-refractivity contribution is 7.92. The van der Waals surface area contributed by atoms with E-state index in [2.05, 4.69) is 5.32 Å². The number of aromatic nitrogens is 1. The third kappa shape index (κ3) is 2.73. The first-order valence-corrected chi connectivity index (χ1v) is 9.12. The molecule has 1 aromatic heterocycles. The maximum Gasteiger partial charge on any atom is 0.326 e. The zero-order chi connectivity index (χ0) is 19.4. The number of carbonyl (C=O) groups excluding carboxylic acids is 1. The second-order valence-electron chi connectivity index (χ2n) is 6.25. The predicted molar refractivity (Wildman–Crippen MR) is 94.0 cm³/mol. The molecule has 140 valence electrons. The summed E-state index contributed by atoms with van der Waals surface area (Å²) in [5.41, 5.74) is -0.864. The summed E-state index contributed by atoms with van der Waals surface area (Å²) in [6.45, 7) is 2.95. The van der Waals surface area contributed by atoms with Crippen LogP contribution in [0.5, 0.6) is 5.75 Å². The second-order valence-corrected chi connectivity index (χ2v) is 7.84. The number of aromatic hydroxyl groups is 1. The normalized spacial score (nSPS) is 16.3. The predicted octanol–water partition coefficient (Wildman–Crippen LogP) is 0.385. The van der Waals surface area contributed by atoms with Crippen LogP contribution in [0.2, 0.25) is 0 Å². The molecule has 1 fully saturated rings. The van der Waals surface area contributed by atoms with Gasteiger partial charge in [-0.3, -0.25) is 9.59 Å². The van der Waals surface area contributed by atoms with Crippen molar-refractivity contribution in [3.8, 4) is 5.75 Å². The molecule has 0 spiro atoms. The Morgan fingerprint density at radius 1 is 1.31 bits per heavy atom. The quantitative estimate of drug-likeness (QED) is 0.704. The van der Waals surface area contributed by atoms with Gasteiger partial charge in [-0.2, -0.15) is 8.42 Å². The topological polar surface area (TPSA) is 121 Å². The number of hydrogen-bond donors (Lipinski definition) is 3. The number of aryl methyl sites for hydroxylation is 1. The summed E-state index contributed by atoms with van der Waals surface area (Å²) in [4.78, 5) is 23.8. The van der Waals surface area contributed by atoms with Crippen LogP contribution < -0.4 is 19.9 Å². The van der Waals surface area contributed by atoms with Crippen LogP contribution in [0.4, 0.5) is 15.8 Å². The molecule has 1 aliphatic rings. The van der Waals surface area contributed by atoms with Crippen LogP contribution in [0.25, 0.3) is 10.9 Å². The van der Waals surface area contributed by atoms with E-state index in [1.807, 2.05) is 0 Å². The third-order valence-corrected chi connectivity index (χ3v) is 5.31. The Morgan fingerprint density at radius 2 is 1.96 bits per heavy atom. The Kier molecular flexibility index (Phi) is 4.06. The minimum Gasteiger partial charge on any atom is -0.506 e. The minimum atomic E-state index is -4.30. The molecule has 1 aliphatic heterocycles. The monoisotopic (exact) mass is 384 g/mol. The minimum absolute atomic E-state index is 0.0717. The highest BCUT2D eigenvalue weighted by Gasteiger charge is 2.38. The maximum absolute atomic E-state index is 15.1. The van der Waals surface area contributed by atoms with Crippen LogP contribution in [0.3, 0.4) is 0 Å². The van der Waals surface area contributed by atoms with Crippen LogP contribution in [0.15, 0.2) is 16.9 Å². The van der Waals surface area contributed by atoms with Gasteiger partial charge in [0, 0.05) is 24.5 Å². The zero-order valence-electron chi connectivity index (χ0n) is 14.2. The first-order chi connectivity index (χ1) is 12.0. The smallest absolute Gasteiger partial charge is 0.326 e. The van der Waals surface area contributed by atoms with E-state index < -0.39 is 45.5 Å². The molecule has 1 amide bonds. The van der Waals surface area contributed by atoms with Crippen LogP contribution >= 0.6 is 0 Å². The molecule has 1 saturated heterocycles. The van der Waals surface area contributed by atoms with Crippen molar-refractivity contribution < 1.29 is 22.7 Å². The van der Waals surface area contributed by atoms with Crippen molar-refractivity contribution in [3.05, 3.63) is 28.3 Å². The van der Waals surface area contributed by atoms with Crippen molar-refractivity contribution in [1.29, 1.82) is 0 Å². The molecule has 0 atom stereocenters. The molecule has 9 nitrogen and oxygen atoms in total. The number of fused-ring (bicyclic) bond motifs is 1. The van der Waals surface area contributed by atoms with E-state index in [1.54, 1.807) is 18.6 Å². The van der Waals surface area contributed by atoms with Gasteiger partial charge in [0.25, 0.3) is 11.5 Å². The summed E-state index contributed by atoms with van der Waals surface area (Å²) in [6, 6.07) is 2.25. The summed E-state index contributed by atoms with van der Waals surface area (Å²) < 4.78 is 42.4. The standard InChI is InChI=1S/C15H17FN4O5S/c1-7(2)17-9-4-8-10(19(3)15(9)23)5-11(21)14(13(8)16)20-6-12(22)18-26(20,24)25/h4-5,7,17,21H,6H2,1-3H3,(H,18,22). The van der Waals surface area contributed by atoms with E-state index in [0.717, 1.165) is 10.6 Å². The van der Waals surface area contributed by atoms with Gasteiger partial charge in [-0.1, -0.05) is 0 Å². The number of hydrogen-bond acceptors (Lipinski definition) is 6. The van der Waals surface area contributed by atoms with Gasteiger partial charge in [-0.05, 0) is 19.9 Å². The largest absolute Gasteiger partial charge is 0.506 e. The van der Waals surface area contributed by atoms with Gasteiger partial charge in [0.15, 0.2) is 5.82 Å². The zero-order valence-corrected chi connectivity index (χ0v) is 15.0. The highest BCUT2D eigenvalue weighted by Crippen LogP contribution is 2.38. The van der Waals surface area contributed by atoms with Crippen LogP contribution in [0, 0.1) is 5.82 Å². The SMILES string of the molecule is CC(C)Nc1cc2c(F)c(N3CC(=O)NS3(=O)=O)c(O)cc2n(C)c1=O. The molecule has 11 heteroatoms. The Labute approximate surface area is 148 Å². The lowest BCUT2D eigenvalue weighted by Crippen LogP contribution is -2.30. The molecular formula is C15H17FN4O5S. The molecule has 0 saturated carbocycles. The van der Waals surface area contributed by atoms with E-state index in [-0.39, 0.29) is 22.6 Å². The number of phenols is 1. The fourth-order valence-electron chi connectivity index (χ4n) is 2.84. The Bertz CT molecular complexity index is 1090. The number of rotatable bonds is 3. The first kappa shape index (κ1) is 18.0. The van der Waals surface area contributed by atoms with Crippen molar-refractivity contribution in [2.24, 2.45) is 7.05 Å². The maximum atomic E-state index is 15.1. The summed E-state index contributed by atoms with van der Waals surface area (Å²) in [6.07, 6.45) is 0. The van der Waals surface area contributed by atoms with Gasteiger partial charge in [-0.15, -0.1) is 0 Å². The fraction of sp³-hybridized carbons (Fsp3) is 0.333. The first-order valence-electron chi connectivity index (χ1n) is 7.68. The number of pyridine rings is 1. The van der Waals surface area contributed by atoms with Crippen molar-refractivity contribution in [2.75, 3.05) is 16.2 Å². The second kappa shape index (κ2) is 5.87. The molecule has 1 aromatic carbocycles. The van der Waals surface area contributed by atoms with Crippen LogP contribution in [-0.4, -0.2) is 36.6 Å². The molecule has 0 aliphatic carbocycles. The van der Waals surface area contributed by atoms with Gasteiger partial charge in [0.05, 0.1) is 5.52 Å². The number of benzene rings is 1. The number of nitrogens with one attached hydrogen (secondary N) is 2. The van der Waals surface area contributed by atoms with Crippen molar-refractivity contribution in [1.82, 2.24) is 9.29 Å². The van der Waals surface area contributed by atoms with E-state index in [1.165, 1.54) is 13.1 Å². The van der Waals surface area contributed by atoms with Gasteiger partial charge in [-0.25, -0.2) is 13.4 Å². The third-order valence-electron chi connectivity index (χ3n) is 3.94. The van der Waals surface area contributed by atoms with E-state index in [0.29, 0.717) is 4.31 Å². The number of nitrogens with zero attached hydrogens (tertiary/aromatic N) is 2. The Balaban J connectivity index is 2.32. The molecule has 2 heterocycles. The average molecular weight is 384 g/mol. The number of phenolic OH excluding ortho intramolecular Hbond substituents is 1. The van der Waals surface area contributed by atoms with Crippen LogP contribution in [-0.2, 0) is 22.1 Å². The average Bonchev–Trinajstić information content (AvgIpc) is 2.78. The van der Waals surface area contributed by atoms with Crippen molar-refractivity contribution in [2.45, 2.75) is 19.9 Å². The summed E-state index contributed by atoms with van der Waals surface area (Å²) in [5, 5.41) is 13.0. The molecule has 2 aromatic rings. The van der Waals surface area contributed by atoms with Crippen molar-refractivity contribution in [3.63, 3.8) is 0 Å². The fourth-order valence-corrected chi connectivity index (χ4v) is 4.00. The number of amides is 1. The lowest BCUT2D eigenvalue weighted by molar-refractivity contribution is -0.117. The number of anilines is 2. The number of halogens is 1. The Morgan fingerprint density at radius 3 is 2.50 bits per heavy atom. The van der Waals surface area contributed by atoms with Crippen LogP contribution in [0.1, 0.15) is 13.8 Å². The van der Waals surface area contributed by atoms with Gasteiger partial charge < -0.3 is 15.0 Å². The van der Waals surface area contributed by atoms with E-state index >= 15 is 4.39 Å². The van der Waals surface area contributed by atoms with Gasteiger partial charge in [0.2, 0.25) is 0 Å².